The number of benzene rings is 3. The molecule has 0 aliphatic heterocycles. The highest BCUT2D eigenvalue weighted by Crippen LogP contribution is 2.24. The van der Waals surface area contributed by atoms with Crippen LogP contribution < -0.4 is 5.32 Å². The third kappa shape index (κ3) is 3.32. The van der Waals surface area contributed by atoms with Gasteiger partial charge in [0.05, 0.1) is 0 Å². The molecule has 0 heterocycles. The van der Waals surface area contributed by atoms with Crippen LogP contribution in [0.1, 0.15) is 11.1 Å². The highest BCUT2D eigenvalue weighted by molar-refractivity contribution is 5.68. The van der Waals surface area contributed by atoms with Gasteiger partial charge in [-0.3, -0.25) is 0 Å². The molecule has 21 heavy (non-hydrogen) atoms. The summed E-state index contributed by atoms with van der Waals surface area (Å²) in [5.41, 5.74) is 7.29. The smallest absolute Gasteiger partial charge is 0.0389 e. The maximum absolute atomic E-state index is 3.46. The van der Waals surface area contributed by atoms with Gasteiger partial charge in [0.1, 0.15) is 0 Å². The van der Waals surface area contributed by atoms with Crippen LogP contribution in [0.4, 0.5) is 11.4 Å². The summed E-state index contributed by atoms with van der Waals surface area (Å²) >= 11 is 0. The van der Waals surface area contributed by atoms with E-state index in [9.17, 15) is 0 Å². The molecule has 0 aliphatic carbocycles. The van der Waals surface area contributed by atoms with Gasteiger partial charge in [0.15, 0.2) is 0 Å². The number of nitrogens with one attached hydrogen (secondary N) is 1. The summed E-state index contributed by atoms with van der Waals surface area (Å²) < 4.78 is 0. The Bertz CT molecular complexity index is 707. The first kappa shape index (κ1) is 13.4. The molecule has 0 fully saturated rings. The second kappa shape index (κ2) is 5.84. The van der Waals surface area contributed by atoms with Gasteiger partial charge in [-0.1, -0.05) is 48.5 Å². The highest BCUT2D eigenvalue weighted by atomic mass is 14.9. The van der Waals surface area contributed by atoms with E-state index in [4.69, 9.17) is 0 Å². The molecule has 104 valence electrons. The van der Waals surface area contributed by atoms with E-state index in [1.165, 1.54) is 22.3 Å². The molecule has 0 saturated heterocycles. The lowest BCUT2D eigenvalue weighted by molar-refractivity contribution is 1.37. The quantitative estimate of drug-likeness (QED) is 0.644. The largest absolute Gasteiger partial charge is 0.356 e. The average molecular weight is 273 g/mol. The molecule has 0 aliphatic rings. The monoisotopic (exact) mass is 273 g/mol. The predicted octanol–water partition coefficient (Wildman–Crippen LogP) is 5.71. The summed E-state index contributed by atoms with van der Waals surface area (Å²) in [5, 5.41) is 3.46. The van der Waals surface area contributed by atoms with Gasteiger partial charge in [0, 0.05) is 11.4 Å². The van der Waals surface area contributed by atoms with Crippen LogP contribution in [-0.4, -0.2) is 0 Å². The fourth-order valence-corrected chi connectivity index (χ4v) is 2.59. The van der Waals surface area contributed by atoms with Crippen molar-refractivity contribution in [1.82, 2.24) is 0 Å². The van der Waals surface area contributed by atoms with Crippen LogP contribution in [0, 0.1) is 13.8 Å². The van der Waals surface area contributed by atoms with E-state index in [1.807, 2.05) is 6.07 Å². The van der Waals surface area contributed by atoms with Crippen molar-refractivity contribution < 1.29 is 0 Å². The van der Waals surface area contributed by atoms with Crippen molar-refractivity contribution in [2.75, 3.05) is 5.32 Å². The van der Waals surface area contributed by atoms with Crippen molar-refractivity contribution in [3.8, 4) is 11.1 Å². The SMILES string of the molecule is Cc1cc(C)cc(Nc2ccc(-c3ccccc3)cc2)c1. The second-order valence-corrected chi connectivity index (χ2v) is 5.44. The minimum atomic E-state index is 1.11. The minimum Gasteiger partial charge on any atom is -0.356 e. The summed E-state index contributed by atoms with van der Waals surface area (Å²) in [7, 11) is 0. The first-order chi connectivity index (χ1) is 10.2. The molecule has 0 amide bonds. The first-order valence-electron chi connectivity index (χ1n) is 7.21. The normalized spacial score (nSPS) is 10.4. The number of aryl methyl sites for hydroxylation is 2. The Kier molecular flexibility index (Phi) is 3.74. The average Bonchev–Trinajstić information content (AvgIpc) is 2.48. The van der Waals surface area contributed by atoms with Crippen molar-refractivity contribution >= 4 is 11.4 Å². The topological polar surface area (TPSA) is 12.0 Å². The Morgan fingerprint density at radius 1 is 0.571 bits per heavy atom. The van der Waals surface area contributed by atoms with E-state index < -0.39 is 0 Å². The molecule has 0 aromatic heterocycles. The van der Waals surface area contributed by atoms with Crippen LogP contribution in [0.2, 0.25) is 0 Å². The zero-order valence-corrected chi connectivity index (χ0v) is 12.4. The maximum atomic E-state index is 3.46. The van der Waals surface area contributed by atoms with E-state index in [-0.39, 0.29) is 0 Å². The van der Waals surface area contributed by atoms with Crippen LogP contribution in [0.15, 0.2) is 72.8 Å². The van der Waals surface area contributed by atoms with Crippen LogP contribution in [0.5, 0.6) is 0 Å². The van der Waals surface area contributed by atoms with Crippen molar-refractivity contribution in [2.24, 2.45) is 0 Å². The lowest BCUT2D eigenvalue weighted by Crippen LogP contribution is -1.91. The van der Waals surface area contributed by atoms with Crippen LogP contribution >= 0.6 is 0 Å². The molecule has 1 N–H and O–H groups in total. The van der Waals surface area contributed by atoms with Crippen molar-refractivity contribution in [1.29, 1.82) is 0 Å². The summed E-state index contributed by atoms with van der Waals surface area (Å²) in [6.45, 7) is 4.24. The number of anilines is 2. The Morgan fingerprint density at radius 2 is 1.14 bits per heavy atom. The van der Waals surface area contributed by atoms with Gasteiger partial charge in [-0.2, -0.15) is 0 Å². The van der Waals surface area contributed by atoms with Gasteiger partial charge in [-0.15, -0.1) is 0 Å². The first-order valence-corrected chi connectivity index (χ1v) is 7.21. The summed E-state index contributed by atoms with van der Waals surface area (Å²) in [6.07, 6.45) is 0. The summed E-state index contributed by atoms with van der Waals surface area (Å²) in [4.78, 5) is 0. The minimum absolute atomic E-state index is 1.11. The van der Waals surface area contributed by atoms with E-state index >= 15 is 0 Å². The zero-order chi connectivity index (χ0) is 14.7. The predicted molar refractivity (Wildman–Crippen MR) is 91.1 cm³/mol. The molecular formula is C20H19N. The van der Waals surface area contributed by atoms with E-state index in [2.05, 4.69) is 85.9 Å². The van der Waals surface area contributed by atoms with Crippen molar-refractivity contribution in [2.45, 2.75) is 13.8 Å². The molecule has 0 unspecified atom stereocenters. The fourth-order valence-electron chi connectivity index (χ4n) is 2.59. The number of hydrogen-bond acceptors (Lipinski definition) is 1. The van der Waals surface area contributed by atoms with Crippen LogP contribution in [0.3, 0.4) is 0 Å². The van der Waals surface area contributed by atoms with Gasteiger partial charge >= 0.3 is 0 Å². The van der Waals surface area contributed by atoms with E-state index in [1.54, 1.807) is 0 Å². The molecule has 0 spiro atoms. The molecule has 1 nitrogen and oxygen atoms in total. The third-order valence-electron chi connectivity index (χ3n) is 3.50. The Balaban J connectivity index is 1.81. The van der Waals surface area contributed by atoms with E-state index in [0.717, 1.165) is 11.4 Å². The molecule has 0 radical (unpaired) electrons. The molecule has 0 bridgehead atoms. The molecule has 3 rings (SSSR count). The second-order valence-electron chi connectivity index (χ2n) is 5.44. The van der Waals surface area contributed by atoms with Gasteiger partial charge in [-0.25, -0.2) is 0 Å². The summed E-state index contributed by atoms with van der Waals surface area (Å²) in [6, 6.07) is 25.5. The molecule has 1 heteroatoms. The van der Waals surface area contributed by atoms with Crippen LogP contribution in [0.25, 0.3) is 11.1 Å². The molecule has 3 aromatic rings. The van der Waals surface area contributed by atoms with Gasteiger partial charge < -0.3 is 5.32 Å². The molecule has 0 saturated carbocycles. The van der Waals surface area contributed by atoms with Crippen molar-refractivity contribution in [3.63, 3.8) is 0 Å². The molecular weight excluding hydrogens is 254 g/mol. The lowest BCUT2D eigenvalue weighted by Gasteiger charge is -2.09. The maximum Gasteiger partial charge on any atom is 0.0389 e. The van der Waals surface area contributed by atoms with Gasteiger partial charge in [0.2, 0.25) is 0 Å². The van der Waals surface area contributed by atoms with Crippen LogP contribution in [-0.2, 0) is 0 Å². The van der Waals surface area contributed by atoms with E-state index in [0.29, 0.717) is 0 Å². The molecule has 0 atom stereocenters. The fraction of sp³-hybridized carbons (Fsp3) is 0.100. The standard InChI is InChI=1S/C20H19N/c1-15-12-16(2)14-20(13-15)21-19-10-8-18(9-11-19)17-6-4-3-5-7-17/h3-14,21H,1-2H3. The number of hydrogen-bond donors (Lipinski definition) is 1. The highest BCUT2D eigenvalue weighted by Gasteiger charge is 1.99. The Hall–Kier alpha value is -2.54. The third-order valence-corrected chi connectivity index (χ3v) is 3.50. The Morgan fingerprint density at radius 3 is 1.76 bits per heavy atom. The van der Waals surface area contributed by atoms with Gasteiger partial charge in [0.25, 0.3) is 0 Å². The number of rotatable bonds is 3. The lowest BCUT2D eigenvalue weighted by atomic mass is 10.1. The zero-order valence-electron chi connectivity index (χ0n) is 12.4. The summed E-state index contributed by atoms with van der Waals surface area (Å²) in [5.74, 6) is 0. The van der Waals surface area contributed by atoms with Crippen molar-refractivity contribution in [3.05, 3.63) is 83.9 Å². The Labute approximate surface area is 126 Å². The van der Waals surface area contributed by atoms with Gasteiger partial charge in [-0.05, 0) is 60.4 Å². The molecule has 3 aromatic carbocycles.